The first-order chi connectivity index (χ1) is 5.25. The molecule has 11 heavy (non-hydrogen) atoms. The number of hydrogen-bond donors (Lipinski definition) is 0. The van der Waals surface area contributed by atoms with Gasteiger partial charge in [-0.05, 0) is 31.3 Å². The largest absolute Gasteiger partial charge is 0.458 e. The van der Waals surface area contributed by atoms with Crippen LogP contribution in [0.1, 0.15) is 26.2 Å². The van der Waals surface area contributed by atoms with Gasteiger partial charge in [0.15, 0.2) is 0 Å². The molecule has 1 heterocycles. The van der Waals surface area contributed by atoms with E-state index in [2.05, 4.69) is 6.08 Å². The van der Waals surface area contributed by atoms with Gasteiger partial charge in [0, 0.05) is 6.42 Å². The first-order valence-corrected chi connectivity index (χ1v) is 4.12. The van der Waals surface area contributed by atoms with Gasteiger partial charge in [-0.25, -0.2) is 0 Å². The molecule has 60 valence electrons. The second kappa shape index (κ2) is 2.36. The van der Waals surface area contributed by atoms with Crippen LogP contribution >= 0.6 is 0 Å². The Labute approximate surface area is 66.2 Å². The molecule has 0 aromatic carbocycles. The number of fused-ring (bicyclic) bond motifs is 2. The van der Waals surface area contributed by atoms with E-state index in [4.69, 9.17) is 4.74 Å². The van der Waals surface area contributed by atoms with E-state index < -0.39 is 0 Å². The van der Waals surface area contributed by atoms with Crippen molar-refractivity contribution in [2.45, 2.75) is 32.3 Å². The quantitative estimate of drug-likeness (QED) is 0.390. The van der Waals surface area contributed by atoms with E-state index in [0.29, 0.717) is 12.3 Å². The molecule has 0 amide bonds. The molecule has 0 unspecified atom stereocenters. The first-order valence-electron chi connectivity index (χ1n) is 4.12. The zero-order valence-electron chi connectivity index (χ0n) is 6.67. The van der Waals surface area contributed by atoms with Crippen LogP contribution in [0.5, 0.6) is 0 Å². The van der Waals surface area contributed by atoms with Gasteiger partial charge in [0.25, 0.3) is 0 Å². The van der Waals surface area contributed by atoms with E-state index >= 15 is 0 Å². The fourth-order valence-corrected chi connectivity index (χ4v) is 1.82. The monoisotopic (exact) mass is 152 g/mol. The number of esters is 1. The summed E-state index contributed by atoms with van der Waals surface area (Å²) in [5, 5.41) is 0. The predicted molar refractivity (Wildman–Crippen MR) is 41.0 cm³/mol. The number of rotatable bonds is 0. The van der Waals surface area contributed by atoms with Crippen molar-refractivity contribution in [2.24, 2.45) is 5.92 Å². The number of hydrogen-bond acceptors (Lipinski definition) is 2. The molecule has 2 atom stereocenters. The molecule has 1 aliphatic heterocycles. The van der Waals surface area contributed by atoms with Crippen LogP contribution in [0, 0.1) is 5.92 Å². The van der Waals surface area contributed by atoms with Crippen LogP contribution in [0.25, 0.3) is 0 Å². The lowest BCUT2D eigenvalue weighted by atomic mass is 9.84. The Morgan fingerprint density at radius 3 is 3.27 bits per heavy atom. The van der Waals surface area contributed by atoms with Crippen LogP contribution in [0.2, 0.25) is 0 Å². The van der Waals surface area contributed by atoms with Crippen LogP contribution in [0.4, 0.5) is 0 Å². The normalized spacial score (nSPS) is 36.1. The summed E-state index contributed by atoms with van der Waals surface area (Å²) < 4.78 is 5.16. The molecular formula is C9H12O2. The SMILES string of the molecule is CC1=CC[C@H]2CC(=O)O[C@@H]1C2. The van der Waals surface area contributed by atoms with Crippen molar-refractivity contribution in [3.05, 3.63) is 11.6 Å². The fourth-order valence-electron chi connectivity index (χ4n) is 1.82. The third kappa shape index (κ3) is 1.17. The molecule has 0 radical (unpaired) electrons. The number of ether oxygens (including phenoxy) is 1. The third-order valence-corrected chi connectivity index (χ3v) is 2.56. The molecule has 2 rings (SSSR count). The van der Waals surface area contributed by atoms with Gasteiger partial charge in [0.05, 0.1) is 0 Å². The predicted octanol–water partition coefficient (Wildman–Crippen LogP) is 1.66. The molecule has 2 bridgehead atoms. The molecule has 1 fully saturated rings. The maximum atomic E-state index is 11.0. The van der Waals surface area contributed by atoms with Crippen molar-refractivity contribution in [1.82, 2.24) is 0 Å². The second-order valence-corrected chi connectivity index (χ2v) is 3.47. The highest BCUT2D eigenvalue weighted by Crippen LogP contribution is 2.32. The average Bonchev–Trinajstić information content (AvgIpc) is 1.97. The van der Waals surface area contributed by atoms with Gasteiger partial charge < -0.3 is 4.74 Å². The molecule has 2 aliphatic rings. The molecule has 2 heteroatoms. The van der Waals surface area contributed by atoms with Crippen LogP contribution in [-0.2, 0) is 9.53 Å². The van der Waals surface area contributed by atoms with Crippen molar-refractivity contribution in [3.8, 4) is 0 Å². The van der Waals surface area contributed by atoms with E-state index in [1.807, 2.05) is 6.92 Å². The third-order valence-electron chi connectivity index (χ3n) is 2.56. The van der Waals surface area contributed by atoms with Gasteiger partial charge in [-0.15, -0.1) is 0 Å². The maximum Gasteiger partial charge on any atom is 0.306 e. The summed E-state index contributed by atoms with van der Waals surface area (Å²) in [6, 6.07) is 0. The molecule has 0 N–H and O–H groups in total. The highest BCUT2D eigenvalue weighted by atomic mass is 16.5. The topological polar surface area (TPSA) is 26.3 Å². The van der Waals surface area contributed by atoms with Gasteiger partial charge in [-0.1, -0.05) is 6.08 Å². The first kappa shape index (κ1) is 6.89. The lowest BCUT2D eigenvalue weighted by molar-refractivity contribution is -0.154. The number of allylic oxidation sites excluding steroid dienone is 1. The Morgan fingerprint density at radius 2 is 2.45 bits per heavy atom. The molecule has 0 aromatic rings. The molecule has 2 nitrogen and oxygen atoms in total. The summed E-state index contributed by atoms with van der Waals surface area (Å²) in [7, 11) is 0. The Hall–Kier alpha value is -0.790. The minimum Gasteiger partial charge on any atom is -0.458 e. The maximum absolute atomic E-state index is 11.0. The molecule has 1 aliphatic carbocycles. The molecular weight excluding hydrogens is 140 g/mol. The summed E-state index contributed by atoms with van der Waals surface area (Å²) in [5.41, 5.74) is 1.23. The van der Waals surface area contributed by atoms with Crippen molar-refractivity contribution < 1.29 is 9.53 Å². The van der Waals surface area contributed by atoms with Crippen molar-refractivity contribution in [1.29, 1.82) is 0 Å². The Bertz CT molecular complexity index is 218. The summed E-state index contributed by atoms with van der Waals surface area (Å²) in [5.74, 6) is 0.545. The van der Waals surface area contributed by atoms with Crippen LogP contribution in [0.15, 0.2) is 11.6 Å². The Balaban J connectivity index is 2.20. The van der Waals surface area contributed by atoms with Gasteiger partial charge in [0.1, 0.15) is 6.10 Å². The Kier molecular flexibility index (Phi) is 1.48. The Morgan fingerprint density at radius 1 is 1.64 bits per heavy atom. The summed E-state index contributed by atoms with van der Waals surface area (Å²) in [6.45, 7) is 2.04. The van der Waals surface area contributed by atoms with Crippen molar-refractivity contribution in [2.75, 3.05) is 0 Å². The molecule has 0 saturated carbocycles. The lowest BCUT2D eigenvalue weighted by Gasteiger charge is -2.32. The highest BCUT2D eigenvalue weighted by Gasteiger charge is 2.31. The highest BCUT2D eigenvalue weighted by molar-refractivity contribution is 5.71. The van der Waals surface area contributed by atoms with Gasteiger partial charge >= 0.3 is 5.97 Å². The molecule has 1 saturated heterocycles. The number of carbonyl (C=O) groups is 1. The smallest absolute Gasteiger partial charge is 0.306 e. The lowest BCUT2D eigenvalue weighted by Crippen LogP contribution is -2.32. The van der Waals surface area contributed by atoms with Gasteiger partial charge in [-0.2, -0.15) is 0 Å². The van der Waals surface area contributed by atoms with Gasteiger partial charge in [0.2, 0.25) is 0 Å². The molecule has 0 aromatic heterocycles. The van der Waals surface area contributed by atoms with E-state index in [9.17, 15) is 4.79 Å². The van der Waals surface area contributed by atoms with E-state index in [-0.39, 0.29) is 12.1 Å². The zero-order valence-corrected chi connectivity index (χ0v) is 6.67. The summed E-state index contributed by atoms with van der Waals surface area (Å²) in [6.07, 6.45) is 5.05. The average molecular weight is 152 g/mol. The zero-order chi connectivity index (χ0) is 7.84. The second-order valence-electron chi connectivity index (χ2n) is 3.47. The number of carbonyl (C=O) groups excluding carboxylic acids is 1. The van der Waals surface area contributed by atoms with Crippen molar-refractivity contribution >= 4 is 5.97 Å². The van der Waals surface area contributed by atoms with Crippen LogP contribution < -0.4 is 0 Å². The van der Waals surface area contributed by atoms with E-state index in [1.54, 1.807) is 0 Å². The standard InChI is InChI=1S/C9H12O2/c1-6-2-3-7-4-8(6)11-9(10)5-7/h2,7-8H,3-5H2,1H3/t7-,8-/m1/s1. The summed E-state index contributed by atoms with van der Waals surface area (Å²) in [4.78, 5) is 11.0. The minimum absolute atomic E-state index is 0.0151. The minimum atomic E-state index is -0.0151. The summed E-state index contributed by atoms with van der Waals surface area (Å²) >= 11 is 0. The van der Waals surface area contributed by atoms with Crippen LogP contribution in [-0.4, -0.2) is 12.1 Å². The molecule has 0 spiro atoms. The van der Waals surface area contributed by atoms with Crippen LogP contribution in [0.3, 0.4) is 0 Å². The van der Waals surface area contributed by atoms with Gasteiger partial charge in [-0.3, -0.25) is 4.79 Å². The van der Waals surface area contributed by atoms with Crippen molar-refractivity contribution in [3.63, 3.8) is 0 Å². The van der Waals surface area contributed by atoms with E-state index in [1.165, 1.54) is 5.57 Å². The van der Waals surface area contributed by atoms with E-state index in [0.717, 1.165) is 12.8 Å². The fraction of sp³-hybridized carbons (Fsp3) is 0.667.